The van der Waals surface area contributed by atoms with E-state index >= 15 is 0 Å². The first-order valence-electron chi connectivity index (χ1n) is 6.18. The second kappa shape index (κ2) is 7.13. The van der Waals surface area contributed by atoms with Crippen molar-refractivity contribution in [3.8, 4) is 0 Å². The zero-order valence-corrected chi connectivity index (χ0v) is 12.1. The van der Waals surface area contributed by atoms with Gasteiger partial charge in [-0.25, -0.2) is 13.2 Å². The van der Waals surface area contributed by atoms with Gasteiger partial charge in [-0.3, -0.25) is 0 Å². The van der Waals surface area contributed by atoms with Crippen LogP contribution >= 0.6 is 0 Å². The number of benzene rings is 1. The molecule has 0 radical (unpaired) electrons. The van der Waals surface area contributed by atoms with E-state index in [2.05, 4.69) is 5.32 Å². The molecule has 0 spiro atoms. The van der Waals surface area contributed by atoms with Gasteiger partial charge in [0.05, 0.1) is 5.75 Å². The summed E-state index contributed by atoms with van der Waals surface area (Å²) in [7, 11) is -1.36. The molecule has 0 atom stereocenters. The van der Waals surface area contributed by atoms with Crippen LogP contribution in [0.1, 0.15) is 12.5 Å². The molecule has 2 amide bonds. The molecule has 1 aromatic carbocycles. The van der Waals surface area contributed by atoms with Gasteiger partial charge in [0.2, 0.25) is 0 Å². The van der Waals surface area contributed by atoms with Crippen LogP contribution in [0, 0.1) is 0 Å². The molecule has 5 nitrogen and oxygen atoms in total. The molecular formula is C13H20N2O3S. The fraction of sp³-hybridized carbons (Fsp3) is 0.462. The minimum atomic E-state index is -3.03. The van der Waals surface area contributed by atoms with Crippen LogP contribution in [0.4, 0.5) is 4.79 Å². The number of hydrogen-bond acceptors (Lipinski definition) is 3. The normalized spacial score (nSPS) is 11.1. The molecule has 0 aliphatic carbocycles. The summed E-state index contributed by atoms with van der Waals surface area (Å²) in [5.41, 5.74) is 1.03. The molecule has 6 heteroatoms. The van der Waals surface area contributed by atoms with E-state index in [4.69, 9.17) is 0 Å². The van der Waals surface area contributed by atoms with Crippen molar-refractivity contribution in [2.24, 2.45) is 0 Å². The van der Waals surface area contributed by atoms with Gasteiger partial charge < -0.3 is 10.2 Å². The third-order valence-electron chi connectivity index (χ3n) is 2.74. The summed E-state index contributed by atoms with van der Waals surface area (Å²) >= 11 is 0. The van der Waals surface area contributed by atoms with E-state index < -0.39 is 9.84 Å². The highest BCUT2D eigenvalue weighted by atomic mass is 32.2. The Labute approximate surface area is 114 Å². The molecule has 0 bridgehead atoms. The van der Waals surface area contributed by atoms with Gasteiger partial charge in [0.15, 0.2) is 9.84 Å². The molecule has 0 saturated carbocycles. The molecule has 0 saturated heterocycles. The van der Waals surface area contributed by atoms with Crippen LogP contribution < -0.4 is 5.32 Å². The van der Waals surface area contributed by atoms with Gasteiger partial charge in [0.25, 0.3) is 0 Å². The van der Waals surface area contributed by atoms with Crippen molar-refractivity contribution in [1.82, 2.24) is 10.2 Å². The van der Waals surface area contributed by atoms with Crippen LogP contribution in [0.3, 0.4) is 0 Å². The quantitative estimate of drug-likeness (QED) is 0.855. The Morgan fingerprint density at radius 2 is 1.89 bits per heavy atom. The van der Waals surface area contributed by atoms with Crippen LogP contribution in [-0.4, -0.2) is 44.4 Å². The zero-order valence-electron chi connectivity index (χ0n) is 11.3. The van der Waals surface area contributed by atoms with Gasteiger partial charge in [0, 0.05) is 25.9 Å². The van der Waals surface area contributed by atoms with E-state index in [9.17, 15) is 13.2 Å². The SMILES string of the molecule is CCS(=O)(=O)CCNC(=O)N(C)Cc1ccccc1. The fourth-order valence-corrected chi connectivity index (χ4v) is 2.22. The number of nitrogens with one attached hydrogen (secondary N) is 1. The number of carbonyl (C=O) groups is 1. The highest BCUT2D eigenvalue weighted by Gasteiger charge is 2.11. The van der Waals surface area contributed by atoms with Gasteiger partial charge in [0.1, 0.15) is 0 Å². The van der Waals surface area contributed by atoms with Gasteiger partial charge in [-0.2, -0.15) is 0 Å². The predicted octanol–water partition coefficient (Wildman–Crippen LogP) is 1.26. The van der Waals surface area contributed by atoms with Gasteiger partial charge in [-0.1, -0.05) is 37.3 Å². The Balaban J connectivity index is 2.37. The summed E-state index contributed by atoms with van der Waals surface area (Å²) in [5.74, 6) is 0.0805. The summed E-state index contributed by atoms with van der Waals surface area (Å²) in [4.78, 5) is 13.3. The predicted molar refractivity (Wildman–Crippen MR) is 75.6 cm³/mol. The molecular weight excluding hydrogens is 264 g/mol. The highest BCUT2D eigenvalue weighted by Crippen LogP contribution is 2.02. The Morgan fingerprint density at radius 1 is 1.26 bits per heavy atom. The number of sulfone groups is 1. The monoisotopic (exact) mass is 284 g/mol. The maximum atomic E-state index is 11.7. The first-order valence-corrected chi connectivity index (χ1v) is 8.00. The third-order valence-corrected chi connectivity index (χ3v) is 4.44. The number of amides is 2. The topological polar surface area (TPSA) is 66.5 Å². The van der Waals surface area contributed by atoms with Gasteiger partial charge >= 0.3 is 6.03 Å². The van der Waals surface area contributed by atoms with Crippen molar-refractivity contribution >= 4 is 15.9 Å². The van der Waals surface area contributed by atoms with E-state index in [1.807, 2.05) is 30.3 Å². The maximum absolute atomic E-state index is 11.7. The van der Waals surface area contributed by atoms with E-state index in [1.165, 1.54) is 4.90 Å². The maximum Gasteiger partial charge on any atom is 0.317 e. The van der Waals surface area contributed by atoms with Crippen molar-refractivity contribution in [3.63, 3.8) is 0 Å². The van der Waals surface area contributed by atoms with E-state index in [-0.39, 0.29) is 24.1 Å². The molecule has 1 aromatic rings. The van der Waals surface area contributed by atoms with Crippen LogP contribution in [0.5, 0.6) is 0 Å². The molecule has 0 aliphatic heterocycles. The molecule has 0 aromatic heterocycles. The Hall–Kier alpha value is -1.56. The van der Waals surface area contributed by atoms with Crippen molar-refractivity contribution < 1.29 is 13.2 Å². The minimum Gasteiger partial charge on any atom is -0.337 e. The Morgan fingerprint density at radius 3 is 2.47 bits per heavy atom. The summed E-state index contributed by atoms with van der Waals surface area (Å²) in [6, 6.07) is 9.34. The fourth-order valence-electron chi connectivity index (χ4n) is 1.52. The van der Waals surface area contributed by atoms with Gasteiger partial charge in [-0.15, -0.1) is 0 Å². The average Bonchev–Trinajstić information content (AvgIpc) is 2.39. The largest absolute Gasteiger partial charge is 0.337 e. The van der Waals surface area contributed by atoms with Crippen LogP contribution in [0.2, 0.25) is 0 Å². The lowest BCUT2D eigenvalue weighted by Gasteiger charge is -2.18. The van der Waals surface area contributed by atoms with Crippen molar-refractivity contribution in [1.29, 1.82) is 0 Å². The molecule has 0 aliphatic rings. The first kappa shape index (κ1) is 15.5. The lowest BCUT2D eigenvalue weighted by atomic mass is 10.2. The molecule has 0 heterocycles. The average molecular weight is 284 g/mol. The van der Waals surface area contributed by atoms with Crippen molar-refractivity contribution in [2.45, 2.75) is 13.5 Å². The molecule has 106 valence electrons. The molecule has 0 fully saturated rings. The van der Waals surface area contributed by atoms with E-state index in [0.717, 1.165) is 5.56 Å². The van der Waals surface area contributed by atoms with Crippen molar-refractivity contribution in [2.75, 3.05) is 25.1 Å². The second-order valence-electron chi connectivity index (χ2n) is 4.31. The summed E-state index contributed by atoms with van der Waals surface area (Å²) in [6.45, 7) is 2.24. The second-order valence-corrected chi connectivity index (χ2v) is 6.78. The smallest absolute Gasteiger partial charge is 0.317 e. The minimum absolute atomic E-state index is 0.0194. The summed E-state index contributed by atoms with van der Waals surface area (Å²) < 4.78 is 22.6. The number of rotatable bonds is 6. The first-order chi connectivity index (χ1) is 8.94. The molecule has 19 heavy (non-hydrogen) atoms. The highest BCUT2D eigenvalue weighted by molar-refractivity contribution is 7.91. The van der Waals surface area contributed by atoms with Crippen LogP contribution in [0.25, 0.3) is 0 Å². The number of hydrogen-bond donors (Lipinski definition) is 1. The summed E-state index contributed by atoms with van der Waals surface area (Å²) in [6.07, 6.45) is 0. The van der Waals surface area contributed by atoms with Crippen molar-refractivity contribution in [3.05, 3.63) is 35.9 Å². The Bertz CT molecular complexity index is 500. The molecule has 1 N–H and O–H groups in total. The zero-order chi connectivity index (χ0) is 14.3. The number of nitrogens with zero attached hydrogens (tertiary/aromatic N) is 1. The molecule has 0 unspecified atom stereocenters. The lowest BCUT2D eigenvalue weighted by Crippen LogP contribution is -2.39. The lowest BCUT2D eigenvalue weighted by molar-refractivity contribution is 0.207. The van der Waals surface area contributed by atoms with E-state index in [1.54, 1.807) is 14.0 Å². The Kier molecular flexibility index (Phi) is 5.82. The molecule has 1 rings (SSSR count). The number of urea groups is 1. The van der Waals surface area contributed by atoms with Gasteiger partial charge in [-0.05, 0) is 5.56 Å². The number of carbonyl (C=O) groups excluding carboxylic acids is 1. The van der Waals surface area contributed by atoms with E-state index in [0.29, 0.717) is 6.54 Å². The summed E-state index contributed by atoms with van der Waals surface area (Å²) in [5, 5.41) is 2.60. The van der Waals surface area contributed by atoms with Crippen LogP contribution in [-0.2, 0) is 16.4 Å². The van der Waals surface area contributed by atoms with Crippen LogP contribution in [0.15, 0.2) is 30.3 Å². The standard InChI is InChI=1S/C13H20N2O3S/c1-3-19(17,18)10-9-14-13(16)15(2)11-12-7-5-4-6-8-12/h4-8H,3,9-11H2,1-2H3,(H,14,16). The third kappa shape index (κ3) is 5.74.